The third-order valence-electron chi connectivity index (χ3n) is 4.36. The monoisotopic (exact) mass is 407 g/mol. The molecular formula is C17H18ClN5O3S. The van der Waals surface area contributed by atoms with Crippen LogP contribution in [0.25, 0.3) is 0 Å². The van der Waals surface area contributed by atoms with Gasteiger partial charge in [0.1, 0.15) is 6.04 Å². The first-order valence-corrected chi connectivity index (χ1v) is 10.7. The van der Waals surface area contributed by atoms with Crippen LogP contribution in [-0.4, -0.2) is 30.5 Å². The number of aliphatic imine (C=N–C) groups is 1. The van der Waals surface area contributed by atoms with Crippen LogP contribution in [0.4, 0.5) is 11.6 Å². The molecule has 1 aliphatic heterocycles. The van der Waals surface area contributed by atoms with Crippen molar-refractivity contribution < 1.29 is 13.2 Å². The number of aromatic nitrogens is 2. The molecule has 0 bridgehead atoms. The maximum absolute atomic E-state index is 11.6. The van der Waals surface area contributed by atoms with Gasteiger partial charge in [0.15, 0.2) is 12.0 Å². The van der Waals surface area contributed by atoms with Crippen molar-refractivity contribution in [2.45, 2.75) is 25.0 Å². The van der Waals surface area contributed by atoms with E-state index in [1.807, 2.05) is 0 Å². The van der Waals surface area contributed by atoms with Gasteiger partial charge < -0.3 is 10.5 Å². The molecule has 1 aromatic heterocycles. The predicted molar refractivity (Wildman–Crippen MR) is 103 cm³/mol. The third-order valence-corrected chi connectivity index (χ3v) is 5.37. The van der Waals surface area contributed by atoms with Crippen LogP contribution in [0.15, 0.2) is 35.5 Å². The molecule has 3 N–H and O–H groups in total. The second kappa shape index (κ2) is 6.65. The van der Waals surface area contributed by atoms with Gasteiger partial charge in [0, 0.05) is 17.7 Å². The number of benzene rings is 1. The number of halogens is 1. The summed E-state index contributed by atoms with van der Waals surface area (Å²) in [7, 11) is -3.46. The minimum Gasteiger partial charge on any atom is -0.468 e. The first kappa shape index (κ1) is 18.0. The van der Waals surface area contributed by atoms with Crippen molar-refractivity contribution >= 4 is 39.2 Å². The standard InChI is InChI=1S/C17H18ClN5O3S/c1-27(24,25)23-11-4-2-3-10(13(11)18)14-15(12-7-8-20-17(19)21-12)26-16(22-14)9-5-6-9/h2-4,7-9,14-15,23H,5-6H2,1H3,(H2,19,20,21). The van der Waals surface area contributed by atoms with Gasteiger partial charge in [-0.2, -0.15) is 0 Å². The quantitative estimate of drug-likeness (QED) is 0.786. The number of nitrogens with zero attached hydrogens (tertiary/aromatic N) is 3. The summed E-state index contributed by atoms with van der Waals surface area (Å²) in [6, 6.07) is 6.41. The number of ether oxygens (including phenoxy) is 1. The van der Waals surface area contributed by atoms with Crippen molar-refractivity contribution in [2.75, 3.05) is 16.7 Å². The van der Waals surface area contributed by atoms with Gasteiger partial charge in [0.05, 0.1) is 22.7 Å². The van der Waals surface area contributed by atoms with E-state index >= 15 is 0 Å². The van der Waals surface area contributed by atoms with Gasteiger partial charge in [-0.15, -0.1) is 0 Å². The lowest BCUT2D eigenvalue weighted by molar-refractivity contribution is 0.185. The van der Waals surface area contributed by atoms with Crippen LogP contribution in [0.1, 0.15) is 36.2 Å². The van der Waals surface area contributed by atoms with Gasteiger partial charge in [-0.1, -0.05) is 23.7 Å². The summed E-state index contributed by atoms with van der Waals surface area (Å²) in [5, 5.41) is 0.282. The normalized spacial score (nSPS) is 22.2. The maximum atomic E-state index is 11.6. The van der Waals surface area contributed by atoms with Crippen molar-refractivity contribution in [1.82, 2.24) is 9.97 Å². The lowest BCUT2D eigenvalue weighted by atomic mass is 9.99. The van der Waals surface area contributed by atoms with Crippen molar-refractivity contribution in [3.8, 4) is 0 Å². The summed E-state index contributed by atoms with van der Waals surface area (Å²) < 4.78 is 31.7. The van der Waals surface area contributed by atoms with Crippen LogP contribution in [0.5, 0.6) is 0 Å². The molecule has 10 heteroatoms. The zero-order chi connectivity index (χ0) is 19.2. The largest absolute Gasteiger partial charge is 0.468 e. The molecular weight excluding hydrogens is 390 g/mol. The molecule has 2 aliphatic rings. The molecule has 1 fully saturated rings. The average Bonchev–Trinajstić information content (AvgIpc) is 3.35. The van der Waals surface area contributed by atoms with Crippen molar-refractivity contribution in [3.63, 3.8) is 0 Å². The third kappa shape index (κ3) is 3.84. The van der Waals surface area contributed by atoms with Gasteiger partial charge in [-0.3, -0.25) is 4.72 Å². The smallest absolute Gasteiger partial charge is 0.229 e. The van der Waals surface area contributed by atoms with Crippen LogP contribution in [0, 0.1) is 5.92 Å². The second-order valence-corrected chi connectivity index (χ2v) is 8.77. The summed E-state index contributed by atoms with van der Waals surface area (Å²) in [6.07, 6.45) is 4.21. The molecule has 1 aromatic carbocycles. The molecule has 142 valence electrons. The minimum atomic E-state index is -3.46. The fourth-order valence-corrected chi connectivity index (χ4v) is 3.93. The molecule has 4 rings (SSSR count). The summed E-state index contributed by atoms with van der Waals surface area (Å²) in [6.45, 7) is 0. The Morgan fingerprint density at radius 2 is 2.07 bits per heavy atom. The van der Waals surface area contributed by atoms with E-state index in [-0.39, 0.29) is 11.0 Å². The van der Waals surface area contributed by atoms with Crippen LogP contribution in [0.2, 0.25) is 5.02 Å². The Morgan fingerprint density at radius 1 is 1.30 bits per heavy atom. The number of hydrogen-bond donors (Lipinski definition) is 2. The van der Waals surface area contributed by atoms with Gasteiger partial charge in [-0.05, 0) is 25.0 Å². The predicted octanol–water partition coefficient (Wildman–Crippen LogP) is 2.70. The molecule has 0 spiro atoms. The highest BCUT2D eigenvalue weighted by Gasteiger charge is 2.41. The fraction of sp³-hybridized carbons (Fsp3) is 0.353. The van der Waals surface area contributed by atoms with Crippen LogP contribution >= 0.6 is 11.6 Å². The number of nitrogens with two attached hydrogens (primary N) is 1. The van der Waals surface area contributed by atoms with Crippen molar-refractivity contribution in [3.05, 3.63) is 46.7 Å². The number of anilines is 2. The lowest BCUT2D eigenvalue weighted by Gasteiger charge is -2.19. The molecule has 0 saturated heterocycles. The summed E-state index contributed by atoms with van der Waals surface area (Å²) in [5.74, 6) is 1.14. The average molecular weight is 408 g/mol. The lowest BCUT2D eigenvalue weighted by Crippen LogP contribution is -2.14. The Morgan fingerprint density at radius 3 is 2.74 bits per heavy atom. The topological polar surface area (TPSA) is 120 Å². The molecule has 2 aromatic rings. The number of nitrogens with one attached hydrogen (secondary N) is 1. The minimum absolute atomic E-state index is 0.147. The number of sulfonamides is 1. The molecule has 8 nitrogen and oxygen atoms in total. The molecule has 0 amide bonds. The van der Waals surface area contributed by atoms with E-state index in [4.69, 9.17) is 27.1 Å². The van der Waals surface area contributed by atoms with E-state index in [0.717, 1.165) is 19.1 Å². The van der Waals surface area contributed by atoms with Gasteiger partial charge in [-0.25, -0.2) is 23.4 Å². The highest BCUT2D eigenvalue weighted by Crippen LogP contribution is 2.47. The molecule has 2 unspecified atom stereocenters. The summed E-state index contributed by atoms with van der Waals surface area (Å²) in [5.41, 5.74) is 7.28. The molecule has 2 atom stereocenters. The summed E-state index contributed by atoms with van der Waals surface area (Å²) in [4.78, 5) is 12.9. The van der Waals surface area contributed by atoms with Crippen LogP contribution in [-0.2, 0) is 14.8 Å². The Balaban J connectivity index is 1.76. The first-order chi connectivity index (χ1) is 12.8. The maximum Gasteiger partial charge on any atom is 0.229 e. The SMILES string of the molecule is CS(=O)(=O)Nc1cccc(C2N=C(C3CC3)OC2c2ccnc(N)n2)c1Cl. The fourth-order valence-electron chi connectivity index (χ4n) is 3.02. The Labute approximate surface area is 161 Å². The van der Waals surface area contributed by atoms with E-state index in [1.165, 1.54) is 0 Å². The first-order valence-electron chi connectivity index (χ1n) is 8.41. The van der Waals surface area contributed by atoms with E-state index < -0.39 is 22.2 Å². The number of nitrogen functional groups attached to an aromatic ring is 1. The molecule has 2 heterocycles. The molecule has 27 heavy (non-hydrogen) atoms. The van der Waals surface area contributed by atoms with Crippen molar-refractivity contribution in [2.24, 2.45) is 10.9 Å². The zero-order valence-electron chi connectivity index (χ0n) is 14.5. The van der Waals surface area contributed by atoms with Gasteiger partial charge in [0.25, 0.3) is 0 Å². The van der Waals surface area contributed by atoms with Crippen LogP contribution < -0.4 is 10.5 Å². The number of hydrogen-bond acceptors (Lipinski definition) is 7. The molecule has 1 saturated carbocycles. The highest BCUT2D eigenvalue weighted by atomic mass is 35.5. The molecule has 0 radical (unpaired) electrons. The Bertz CT molecular complexity index is 1020. The Kier molecular flexibility index (Phi) is 4.43. The Hall–Kier alpha value is -2.39. The van der Waals surface area contributed by atoms with E-state index in [0.29, 0.717) is 28.8 Å². The van der Waals surface area contributed by atoms with E-state index in [2.05, 4.69) is 14.7 Å². The molecule has 1 aliphatic carbocycles. The highest BCUT2D eigenvalue weighted by molar-refractivity contribution is 7.92. The van der Waals surface area contributed by atoms with E-state index in [1.54, 1.807) is 30.5 Å². The van der Waals surface area contributed by atoms with E-state index in [9.17, 15) is 8.42 Å². The van der Waals surface area contributed by atoms with Gasteiger partial charge in [0.2, 0.25) is 16.0 Å². The summed E-state index contributed by atoms with van der Waals surface area (Å²) >= 11 is 6.51. The van der Waals surface area contributed by atoms with Crippen LogP contribution in [0.3, 0.4) is 0 Å². The second-order valence-electron chi connectivity index (χ2n) is 6.65. The number of rotatable bonds is 5. The van der Waals surface area contributed by atoms with Gasteiger partial charge >= 0.3 is 0 Å². The zero-order valence-corrected chi connectivity index (χ0v) is 16.0. The van der Waals surface area contributed by atoms with Crippen molar-refractivity contribution in [1.29, 1.82) is 0 Å².